The zero-order valence-electron chi connectivity index (χ0n) is 3.97. The van der Waals surface area contributed by atoms with Crippen molar-refractivity contribution < 1.29 is 21.7 Å². The van der Waals surface area contributed by atoms with Crippen molar-refractivity contribution in [3.05, 3.63) is 0 Å². The van der Waals surface area contributed by atoms with Gasteiger partial charge in [-0.2, -0.15) is 0 Å². The number of halogens is 1. The molecule has 7 heteroatoms. The number of rotatable bonds is 0. The Labute approximate surface area is 56.1 Å². The van der Waals surface area contributed by atoms with Crippen molar-refractivity contribution in [3.63, 3.8) is 0 Å². The van der Waals surface area contributed by atoms with Gasteiger partial charge in [0.2, 0.25) is 0 Å². The van der Waals surface area contributed by atoms with Crippen LogP contribution in [0.5, 0.6) is 0 Å². The minimum atomic E-state index is -0.944. The van der Waals surface area contributed by atoms with Gasteiger partial charge in [-0.3, -0.25) is 0 Å². The SMILES string of the molecule is N.N.N.N.[OH][Pt][Cl]. The van der Waals surface area contributed by atoms with Crippen LogP contribution >= 0.6 is 9.42 Å². The Kier molecular flexibility index (Phi) is 473. The Hall–Kier alpha value is 0.778. The fraction of sp³-hybridized carbons (Fsp3) is 0. The zero-order chi connectivity index (χ0) is 2.71. The van der Waals surface area contributed by atoms with Crippen LogP contribution in [-0.4, -0.2) is 3.76 Å². The summed E-state index contributed by atoms with van der Waals surface area (Å²) >= 11 is -0.944. The third-order valence-electron chi connectivity index (χ3n) is 0. The molecule has 0 aromatic carbocycles. The number of hydrogen-bond acceptors (Lipinski definition) is 5. The molecule has 0 aromatic rings. The second kappa shape index (κ2) is 71.6. The average molecular weight is 316 g/mol. The molecule has 0 bridgehead atoms. The molecule has 0 aliphatic rings. The summed E-state index contributed by atoms with van der Waals surface area (Å²) in [6.45, 7) is 0. The summed E-state index contributed by atoms with van der Waals surface area (Å²) in [5.41, 5.74) is 0. The summed E-state index contributed by atoms with van der Waals surface area (Å²) in [6, 6.07) is 0. The molecule has 0 unspecified atom stereocenters. The molecule has 0 aromatic heterocycles. The Bertz CT molecular complexity index is 11.7. The molecule has 0 fully saturated rings. The third kappa shape index (κ3) is 255. The summed E-state index contributed by atoms with van der Waals surface area (Å²) in [5, 5.41) is 0. The first-order chi connectivity index (χ1) is 1.41. The van der Waals surface area contributed by atoms with Gasteiger partial charge in [0.25, 0.3) is 0 Å². The Morgan fingerprint density at radius 1 is 1.00 bits per heavy atom. The van der Waals surface area contributed by atoms with E-state index in [1.54, 1.807) is 0 Å². The van der Waals surface area contributed by atoms with Gasteiger partial charge >= 0.3 is 31.1 Å². The summed E-state index contributed by atoms with van der Waals surface area (Å²) in [7, 11) is 4.67. The molecule has 0 heterocycles. The van der Waals surface area contributed by atoms with E-state index >= 15 is 0 Å². The van der Waals surface area contributed by atoms with Crippen LogP contribution in [0.3, 0.4) is 0 Å². The predicted molar refractivity (Wildman–Crippen MR) is 28.2 cm³/mol. The van der Waals surface area contributed by atoms with Crippen molar-refractivity contribution >= 4 is 9.42 Å². The van der Waals surface area contributed by atoms with Crippen LogP contribution in [-0.2, 0) is 17.9 Å². The predicted octanol–water partition coefficient (Wildman–Crippen LogP) is 0.778. The van der Waals surface area contributed by atoms with Crippen LogP contribution in [0.2, 0.25) is 0 Å². The maximum absolute atomic E-state index is 7.45. The van der Waals surface area contributed by atoms with Gasteiger partial charge in [0, 0.05) is 0 Å². The van der Waals surface area contributed by atoms with Gasteiger partial charge in [-0.1, -0.05) is 0 Å². The van der Waals surface area contributed by atoms with Crippen molar-refractivity contribution in [2.45, 2.75) is 0 Å². The van der Waals surface area contributed by atoms with Crippen LogP contribution < -0.4 is 24.6 Å². The second-order valence-electron chi connectivity index (χ2n) is 0.0535. The Balaban J connectivity index is -0.00000000333. The molecule has 0 atom stereocenters. The maximum atomic E-state index is 7.45. The molecule has 0 aliphatic heterocycles. The van der Waals surface area contributed by atoms with Crippen LogP contribution in [0.1, 0.15) is 0 Å². The average Bonchev–Trinajstić information content (AvgIpc) is 0.918. The topological polar surface area (TPSA) is 160 Å². The summed E-state index contributed by atoms with van der Waals surface area (Å²) in [4.78, 5) is 0. The fourth-order valence-electron chi connectivity index (χ4n) is 0. The van der Waals surface area contributed by atoms with E-state index in [1.807, 2.05) is 0 Å². The molecule has 13 N–H and O–H groups in total. The van der Waals surface area contributed by atoms with E-state index in [2.05, 4.69) is 9.42 Å². The standard InChI is InChI=1S/ClH.4H3N.H2O.Pt/h1H;4*1H3;1H2;/q;;;;;;+2/p-2. The van der Waals surface area contributed by atoms with E-state index in [1.165, 1.54) is 0 Å². The quantitative estimate of drug-likeness (QED) is 0.445. The van der Waals surface area contributed by atoms with E-state index in [0.29, 0.717) is 0 Å². The van der Waals surface area contributed by atoms with Gasteiger partial charge in [0.15, 0.2) is 0 Å². The first-order valence-electron chi connectivity index (χ1n) is 0.261. The van der Waals surface area contributed by atoms with Crippen molar-refractivity contribution in [2.24, 2.45) is 0 Å². The van der Waals surface area contributed by atoms with Crippen molar-refractivity contribution in [1.82, 2.24) is 24.6 Å². The first kappa shape index (κ1) is 46.3. The van der Waals surface area contributed by atoms with Gasteiger partial charge in [-0.05, 0) is 0 Å². The van der Waals surface area contributed by atoms with Crippen LogP contribution in [0.25, 0.3) is 0 Å². The van der Waals surface area contributed by atoms with Gasteiger partial charge < -0.3 is 24.6 Å². The van der Waals surface area contributed by atoms with Gasteiger partial charge in [-0.25, -0.2) is 0 Å². The minimum absolute atomic E-state index is 0. The molecule has 0 rings (SSSR count). The molecule has 0 amide bonds. The van der Waals surface area contributed by atoms with Crippen LogP contribution in [0.4, 0.5) is 0 Å². The van der Waals surface area contributed by atoms with Gasteiger partial charge in [-0.15, -0.1) is 0 Å². The van der Waals surface area contributed by atoms with Crippen molar-refractivity contribution in [2.75, 3.05) is 0 Å². The van der Waals surface area contributed by atoms with E-state index < -0.39 is 17.9 Å². The monoisotopic (exact) mass is 315 g/mol. The Morgan fingerprint density at radius 2 is 1.00 bits per heavy atom. The molecule has 0 radical (unpaired) electrons. The van der Waals surface area contributed by atoms with Crippen LogP contribution in [0, 0.1) is 0 Å². The zero-order valence-corrected chi connectivity index (χ0v) is 7.00. The molecular weight excluding hydrogens is 303 g/mol. The molecule has 0 saturated heterocycles. The first-order valence-corrected chi connectivity index (χ1v) is 4.09. The second-order valence-corrected chi connectivity index (χ2v) is 1.31. The third-order valence-corrected chi connectivity index (χ3v) is 0. The van der Waals surface area contributed by atoms with E-state index in [9.17, 15) is 0 Å². The molecule has 5 nitrogen and oxygen atoms in total. The fourth-order valence-corrected chi connectivity index (χ4v) is 0. The van der Waals surface area contributed by atoms with E-state index in [4.69, 9.17) is 3.76 Å². The number of hydrogen-bond donors (Lipinski definition) is 5. The van der Waals surface area contributed by atoms with E-state index in [-0.39, 0.29) is 24.6 Å². The molecular formula is H13ClN4OPt. The normalized spacial score (nSPS) is 3.14. The van der Waals surface area contributed by atoms with Crippen molar-refractivity contribution in [1.29, 1.82) is 0 Å². The molecule has 0 saturated carbocycles. The van der Waals surface area contributed by atoms with E-state index in [0.717, 1.165) is 0 Å². The summed E-state index contributed by atoms with van der Waals surface area (Å²) in [6.07, 6.45) is 0. The summed E-state index contributed by atoms with van der Waals surface area (Å²) < 4.78 is 7.45. The molecule has 7 heavy (non-hydrogen) atoms. The Morgan fingerprint density at radius 3 is 1.00 bits per heavy atom. The molecule has 0 aliphatic carbocycles. The summed E-state index contributed by atoms with van der Waals surface area (Å²) in [5.74, 6) is 0. The molecule has 56 valence electrons. The van der Waals surface area contributed by atoms with Gasteiger partial charge in [0.05, 0.1) is 0 Å². The van der Waals surface area contributed by atoms with Crippen LogP contribution in [0.15, 0.2) is 0 Å². The van der Waals surface area contributed by atoms with Crippen molar-refractivity contribution in [3.8, 4) is 0 Å². The molecule has 0 spiro atoms. The van der Waals surface area contributed by atoms with Gasteiger partial charge in [0.1, 0.15) is 0 Å².